The number of rotatable bonds is 8. The largest absolute Gasteiger partial charge is 0.414 e. The molecule has 0 aliphatic heterocycles. The van der Waals surface area contributed by atoms with E-state index >= 15 is 0 Å². The maximum Gasteiger partial charge on any atom is 0.270 e. The van der Waals surface area contributed by atoms with Crippen LogP contribution in [0, 0.1) is 0 Å². The van der Waals surface area contributed by atoms with Crippen LogP contribution in [-0.2, 0) is 16.4 Å². The first-order valence-corrected chi connectivity index (χ1v) is 12.4. The topological polar surface area (TPSA) is 137 Å². The number of benzene rings is 2. The fraction of sp³-hybridized carbons (Fsp3) is 0.250. The lowest BCUT2D eigenvalue weighted by molar-refractivity contribution is 0.582. The van der Waals surface area contributed by atoms with Crippen LogP contribution < -0.4 is 11.1 Å². The molecule has 34 heavy (non-hydrogen) atoms. The minimum absolute atomic E-state index is 0.151. The summed E-state index contributed by atoms with van der Waals surface area (Å²) in [7, 11) is -3.36. The Labute approximate surface area is 198 Å². The molecule has 0 amide bonds. The number of sulfone groups is 1. The summed E-state index contributed by atoms with van der Waals surface area (Å²) in [6.07, 6.45) is 1.52. The van der Waals surface area contributed by atoms with Crippen molar-refractivity contribution in [2.45, 2.75) is 37.5 Å². The van der Waals surface area contributed by atoms with Crippen LogP contribution in [0.4, 0.5) is 5.82 Å². The second-order valence-corrected chi connectivity index (χ2v) is 10.5. The van der Waals surface area contributed by atoms with Crippen molar-refractivity contribution in [3.63, 3.8) is 0 Å². The van der Waals surface area contributed by atoms with Crippen molar-refractivity contribution in [3.05, 3.63) is 60.3 Å². The molecule has 10 heteroatoms. The van der Waals surface area contributed by atoms with Gasteiger partial charge in [-0.25, -0.2) is 18.4 Å². The molecule has 4 aromatic rings. The lowest BCUT2D eigenvalue weighted by Gasteiger charge is -2.09. The second kappa shape index (κ2) is 9.70. The zero-order valence-electron chi connectivity index (χ0n) is 19.2. The van der Waals surface area contributed by atoms with E-state index in [4.69, 9.17) is 10.2 Å². The SMILES string of the molecule is CCNCc1ccc(-c2nnc(-c3nc(-c4ccc(S(=O)(=O)C(C)C)cc4)cnc3N)o2)cc1. The summed E-state index contributed by atoms with van der Waals surface area (Å²) in [5.74, 6) is 0.649. The fourth-order valence-electron chi connectivity index (χ4n) is 3.25. The Kier molecular flexibility index (Phi) is 6.71. The van der Waals surface area contributed by atoms with Crippen molar-refractivity contribution in [1.29, 1.82) is 0 Å². The van der Waals surface area contributed by atoms with Gasteiger partial charge in [-0.1, -0.05) is 31.2 Å². The second-order valence-electron chi connectivity index (χ2n) is 8.00. The zero-order chi connectivity index (χ0) is 24.3. The molecule has 0 bridgehead atoms. The van der Waals surface area contributed by atoms with Gasteiger partial charge in [0.2, 0.25) is 5.89 Å². The number of hydrogen-bond donors (Lipinski definition) is 2. The van der Waals surface area contributed by atoms with Gasteiger partial charge >= 0.3 is 0 Å². The van der Waals surface area contributed by atoms with Crippen LogP contribution in [0.1, 0.15) is 26.3 Å². The molecule has 2 aromatic carbocycles. The molecule has 0 saturated carbocycles. The molecular formula is C24H26N6O3S. The van der Waals surface area contributed by atoms with Gasteiger partial charge < -0.3 is 15.5 Å². The van der Waals surface area contributed by atoms with E-state index in [0.717, 1.165) is 24.2 Å². The molecule has 176 valence electrons. The monoisotopic (exact) mass is 478 g/mol. The Hall–Kier alpha value is -3.63. The minimum atomic E-state index is -3.36. The number of nitrogens with zero attached hydrogens (tertiary/aromatic N) is 4. The van der Waals surface area contributed by atoms with Crippen molar-refractivity contribution < 1.29 is 12.8 Å². The maximum atomic E-state index is 12.4. The number of aromatic nitrogens is 4. The molecule has 2 aromatic heterocycles. The molecule has 0 saturated heterocycles. The van der Waals surface area contributed by atoms with E-state index in [1.54, 1.807) is 38.1 Å². The van der Waals surface area contributed by atoms with E-state index in [1.165, 1.54) is 6.20 Å². The lowest BCUT2D eigenvalue weighted by Crippen LogP contribution is -2.13. The zero-order valence-corrected chi connectivity index (χ0v) is 20.0. The Morgan fingerprint density at radius 1 is 0.971 bits per heavy atom. The summed E-state index contributed by atoms with van der Waals surface area (Å²) in [5, 5.41) is 11.0. The van der Waals surface area contributed by atoms with Crippen molar-refractivity contribution in [3.8, 4) is 34.3 Å². The molecule has 0 radical (unpaired) electrons. The lowest BCUT2D eigenvalue weighted by atomic mass is 10.1. The number of nitrogen functional groups attached to an aromatic ring is 1. The average Bonchev–Trinajstić information content (AvgIpc) is 3.33. The van der Waals surface area contributed by atoms with E-state index in [9.17, 15) is 8.42 Å². The highest BCUT2D eigenvalue weighted by Gasteiger charge is 2.20. The first-order chi connectivity index (χ1) is 16.3. The van der Waals surface area contributed by atoms with Crippen LogP contribution in [0.15, 0.2) is 64.0 Å². The third-order valence-corrected chi connectivity index (χ3v) is 7.48. The molecule has 2 heterocycles. The number of anilines is 1. The first-order valence-electron chi connectivity index (χ1n) is 10.9. The van der Waals surface area contributed by atoms with E-state index in [-0.39, 0.29) is 22.3 Å². The Bertz CT molecular complexity index is 1380. The van der Waals surface area contributed by atoms with Gasteiger partial charge in [0.15, 0.2) is 21.3 Å². The third-order valence-electron chi connectivity index (χ3n) is 5.31. The maximum absolute atomic E-state index is 12.4. The molecule has 0 unspecified atom stereocenters. The summed E-state index contributed by atoms with van der Waals surface area (Å²) >= 11 is 0. The highest BCUT2D eigenvalue weighted by molar-refractivity contribution is 7.92. The molecule has 0 spiro atoms. The molecule has 0 aliphatic carbocycles. The first kappa shape index (κ1) is 23.5. The molecule has 0 aliphatic rings. The standard InChI is InChI=1S/C24H26N6O3S/c1-4-26-13-16-5-7-18(8-6-16)23-29-30-24(33-23)21-22(25)27-14-20(28-21)17-9-11-19(12-10-17)34(31,32)15(2)3/h5-12,14-15,26H,4,13H2,1-3H3,(H2,25,27). The van der Waals surface area contributed by atoms with Gasteiger partial charge in [0.1, 0.15) is 0 Å². The fourth-order valence-corrected chi connectivity index (χ4v) is 4.31. The predicted octanol–water partition coefficient (Wildman–Crippen LogP) is 3.73. The minimum Gasteiger partial charge on any atom is -0.414 e. The van der Waals surface area contributed by atoms with E-state index in [2.05, 4.69) is 32.4 Å². The van der Waals surface area contributed by atoms with Gasteiger partial charge in [0.25, 0.3) is 5.89 Å². The summed E-state index contributed by atoms with van der Waals surface area (Å²) in [6, 6.07) is 14.3. The Morgan fingerprint density at radius 3 is 2.26 bits per heavy atom. The Balaban J connectivity index is 1.60. The number of hydrogen-bond acceptors (Lipinski definition) is 9. The van der Waals surface area contributed by atoms with Crippen molar-refractivity contribution in [2.75, 3.05) is 12.3 Å². The molecule has 9 nitrogen and oxygen atoms in total. The number of nitrogens with one attached hydrogen (secondary N) is 1. The quantitative estimate of drug-likeness (QED) is 0.388. The average molecular weight is 479 g/mol. The van der Waals surface area contributed by atoms with Crippen molar-refractivity contribution >= 4 is 15.7 Å². The molecule has 4 rings (SSSR count). The van der Waals surface area contributed by atoms with E-state index in [1.807, 2.05) is 24.3 Å². The predicted molar refractivity (Wildman–Crippen MR) is 130 cm³/mol. The highest BCUT2D eigenvalue weighted by atomic mass is 32.2. The van der Waals surface area contributed by atoms with Crippen LogP contribution >= 0.6 is 0 Å². The van der Waals surface area contributed by atoms with E-state index in [0.29, 0.717) is 17.1 Å². The van der Waals surface area contributed by atoms with Crippen LogP contribution in [-0.4, -0.2) is 40.4 Å². The smallest absolute Gasteiger partial charge is 0.270 e. The Morgan fingerprint density at radius 2 is 1.62 bits per heavy atom. The van der Waals surface area contributed by atoms with Crippen molar-refractivity contribution in [2.24, 2.45) is 0 Å². The summed E-state index contributed by atoms with van der Waals surface area (Å²) in [5.41, 5.74) is 9.43. The normalized spacial score (nSPS) is 11.8. The molecule has 3 N–H and O–H groups in total. The summed E-state index contributed by atoms with van der Waals surface area (Å²) in [6.45, 7) is 7.05. The van der Waals surface area contributed by atoms with Gasteiger partial charge in [-0.2, -0.15) is 0 Å². The van der Waals surface area contributed by atoms with Crippen LogP contribution in [0.5, 0.6) is 0 Å². The summed E-state index contributed by atoms with van der Waals surface area (Å²) < 4.78 is 30.6. The van der Waals surface area contributed by atoms with Crippen LogP contribution in [0.2, 0.25) is 0 Å². The highest BCUT2D eigenvalue weighted by Crippen LogP contribution is 2.28. The van der Waals surface area contributed by atoms with Gasteiger partial charge in [-0.15, -0.1) is 10.2 Å². The van der Waals surface area contributed by atoms with Crippen LogP contribution in [0.25, 0.3) is 34.3 Å². The van der Waals surface area contributed by atoms with Gasteiger partial charge in [0, 0.05) is 17.7 Å². The molecular weight excluding hydrogens is 452 g/mol. The van der Waals surface area contributed by atoms with E-state index < -0.39 is 15.1 Å². The van der Waals surface area contributed by atoms with Gasteiger partial charge in [-0.3, -0.25) is 0 Å². The van der Waals surface area contributed by atoms with Crippen molar-refractivity contribution in [1.82, 2.24) is 25.5 Å². The third kappa shape index (κ3) is 4.82. The summed E-state index contributed by atoms with van der Waals surface area (Å²) in [4.78, 5) is 9.03. The molecule has 0 fully saturated rings. The molecule has 0 atom stereocenters. The van der Waals surface area contributed by atoms with Gasteiger partial charge in [-0.05, 0) is 50.2 Å². The van der Waals surface area contributed by atoms with Gasteiger partial charge in [0.05, 0.1) is 22.0 Å². The number of nitrogens with two attached hydrogens (primary N) is 1. The van der Waals surface area contributed by atoms with Crippen LogP contribution in [0.3, 0.4) is 0 Å².